The minimum atomic E-state index is -3.84. The standard InChI is InChI=1S/C13H13ClN6O2S2/c1-19-7-15-12(11(19)14)24(21,22)18-9-3-5-10(6-4-9)23-13-17-16-8-20(13)2/h3-8,18H,1-2H3. The summed E-state index contributed by atoms with van der Waals surface area (Å²) in [5, 5.41) is 8.38. The minimum Gasteiger partial charge on any atom is -0.324 e. The van der Waals surface area contributed by atoms with Gasteiger partial charge in [0.1, 0.15) is 11.5 Å². The van der Waals surface area contributed by atoms with Crippen LogP contribution in [0.3, 0.4) is 0 Å². The van der Waals surface area contributed by atoms with Crippen LogP contribution in [0.2, 0.25) is 5.15 Å². The average molecular weight is 385 g/mol. The van der Waals surface area contributed by atoms with Crippen molar-refractivity contribution < 1.29 is 8.42 Å². The summed E-state index contributed by atoms with van der Waals surface area (Å²) in [6.07, 6.45) is 2.96. The monoisotopic (exact) mass is 384 g/mol. The second-order valence-corrected chi connectivity index (χ2v) is 7.90. The predicted octanol–water partition coefficient (Wildman–Crippen LogP) is 2.15. The van der Waals surface area contributed by atoms with E-state index < -0.39 is 10.0 Å². The molecule has 0 bridgehead atoms. The lowest BCUT2D eigenvalue weighted by molar-refractivity contribution is 0.598. The van der Waals surface area contributed by atoms with Crippen LogP contribution in [0.5, 0.6) is 0 Å². The Labute approximate surface area is 147 Å². The summed E-state index contributed by atoms with van der Waals surface area (Å²) in [5.74, 6) is 0. The van der Waals surface area contributed by atoms with E-state index in [2.05, 4.69) is 19.9 Å². The molecule has 0 spiro atoms. The average Bonchev–Trinajstić information content (AvgIpc) is 3.08. The highest BCUT2D eigenvalue weighted by atomic mass is 35.5. The fourth-order valence-electron chi connectivity index (χ4n) is 1.84. The van der Waals surface area contributed by atoms with Gasteiger partial charge < -0.3 is 9.13 Å². The number of anilines is 1. The largest absolute Gasteiger partial charge is 0.324 e. The molecule has 1 N–H and O–H groups in total. The van der Waals surface area contributed by atoms with Gasteiger partial charge in [-0.1, -0.05) is 11.6 Å². The zero-order chi connectivity index (χ0) is 17.3. The molecule has 0 aliphatic heterocycles. The van der Waals surface area contributed by atoms with Crippen molar-refractivity contribution in [2.24, 2.45) is 14.1 Å². The molecule has 0 amide bonds. The van der Waals surface area contributed by atoms with Crippen LogP contribution in [0.25, 0.3) is 0 Å². The highest BCUT2D eigenvalue weighted by Crippen LogP contribution is 2.27. The number of halogens is 1. The van der Waals surface area contributed by atoms with Gasteiger partial charge in [0.2, 0.25) is 5.03 Å². The van der Waals surface area contributed by atoms with Gasteiger partial charge in [-0.2, -0.15) is 8.42 Å². The number of hydrogen-bond donors (Lipinski definition) is 1. The van der Waals surface area contributed by atoms with Crippen LogP contribution >= 0.6 is 23.4 Å². The van der Waals surface area contributed by atoms with E-state index in [9.17, 15) is 8.42 Å². The van der Waals surface area contributed by atoms with Gasteiger partial charge in [-0.3, -0.25) is 4.72 Å². The van der Waals surface area contributed by atoms with Crippen LogP contribution in [-0.2, 0) is 24.1 Å². The molecule has 0 saturated carbocycles. The molecule has 11 heteroatoms. The van der Waals surface area contributed by atoms with E-state index in [1.165, 1.54) is 22.7 Å². The van der Waals surface area contributed by atoms with Crippen molar-refractivity contribution in [3.63, 3.8) is 0 Å². The quantitative estimate of drug-likeness (QED) is 0.724. The third-order valence-electron chi connectivity index (χ3n) is 3.07. The molecule has 24 heavy (non-hydrogen) atoms. The Bertz CT molecular complexity index is 965. The first-order valence-electron chi connectivity index (χ1n) is 6.68. The molecule has 8 nitrogen and oxygen atoms in total. The Morgan fingerprint density at radius 2 is 1.83 bits per heavy atom. The number of nitrogens with zero attached hydrogens (tertiary/aromatic N) is 5. The van der Waals surface area contributed by atoms with Crippen LogP contribution < -0.4 is 4.72 Å². The van der Waals surface area contributed by atoms with E-state index in [0.29, 0.717) is 5.69 Å². The Balaban J connectivity index is 1.76. The van der Waals surface area contributed by atoms with Gasteiger partial charge in [0.25, 0.3) is 10.0 Å². The number of imidazole rings is 1. The van der Waals surface area contributed by atoms with Gasteiger partial charge in [0.05, 0.1) is 6.33 Å². The molecule has 0 atom stereocenters. The van der Waals surface area contributed by atoms with Crippen LogP contribution in [0.4, 0.5) is 5.69 Å². The number of benzene rings is 1. The summed E-state index contributed by atoms with van der Waals surface area (Å²) in [7, 11) is -0.373. The lowest BCUT2D eigenvalue weighted by Gasteiger charge is -2.07. The third kappa shape index (κ3) is 3.40. The second kappa shape index (κ2) is 6.46. The number of hydrogen-bond acceptors (Lipinski definition) is 6. The van der Waals surface area contributed by atoms with Gasteiger partial charge in [-0.15, -0.1) is 10.2 Å². The topological polar surface area (TPSA) is 94.7 Å². The van der Waals surface area contributed by atoms with E-state index in [-0.39, 0.29) is 10.2 Å². The fraction of sp³-hybridized carbons (Fsp3) is 0.154. The predicted molar refractivity (Wildman–Crippen MR) is 90.6 cm³/mol. The lowest BCUT2D eigenvalue weighted by Crippen LogP contribution is -2.14. The molecule has 0 saturated heterocycles. The maximum atomic E-state index is 12.3. The molecule has 2 heterocycles. The summed E-state index contributed by atoms with van der Waals surface area (Å²) in [5.41, 5.74) is 0.416. The molecule has 3 aromatic rings. The minimum absolute atomic E-state index is 0.0527. The van der Waals surface area contributed by atoms with Gasteiger partial charge in [0, 0.05) is 24.7 Å². The van der Waals surface area contributed by atoms with Crippen molar-refractivity contribution >= 4 is 39.1 Å². The molecule has 0 aliphatic rings. The molecule has 0 radical (unpaired) electrons. The summed E-state index contributed by atoms with van der Waals surface area (Å²) in [4.78, 5) is 4.73. The lowest BCUT2D eigenvalue weighted by atomic mass is 10.3. The van der Waals surface area contributed by atoms with Crippen molar-refractivity contribution in [2.75, 3.05) is 4.72 Å². The molecule has 1 aromatic carbocycles. The van der Waals surface area contributed by atoms with E-state index in [1.54, 1.807) is 42.2 Å². The van der Waals surface area contributed by atoms with Crippen LogP contribution in [0, 0.1) is 0 Å². The zero-order valence-electron chi connectivity index (χ0n) is 12.7. The SMILES string of the molecule is Cn1cnnc1Sc1ccc(NS(=O)(=O)c2ncn(C)c2Cl)cc1. The maximum Gasteiger partial charge on any atom is 0.282 e. The molecule has 3 rings (SSSR count). The van der Waals surface area contributed by atoms with Gasteiger partial charge in [0.15, 0.2) is 5.16 Å². The summed E-state index contributed by atoms with van der Waals surface area (Å²) >= 11 is 7.37. The molecular weight excluding hydrogens is 372 g/mol. The Morgan fingerprint density at radius 3 is 2.38 bits per heavy atom. The zero-order valence-corrected chi connectivity index (χ0v) is 15.1. The van der Waals surface area contributed by atoms with Gasteiger partial charge >= 0.3 is 0 Å². The van der Waals surface area contributed by atoms with Crippen molar-refractivity contribution in [1.29, 1.82) is 0 Å². The maximum absolute atomic E-state index is 12.3. The van der Waals surface area contributed by atoms with Crippen LogP contribution in [0.15, 0.2) is 52.0 Å². The molecule has 0 unspecified atom stereocenters. The summed E-state index contributed by atoms with van der Waals surface area (Å²) in [6, 6.07) is 6.90. The van der Waals surface area contributed by atoms with Crippen LogP contribution in [-0.4, -0.2) is 32.7 Å². The molecule has 126 valence electrons. The van der Waals surface area contributed by atoms with Crippen molar-refractivity contribution in [1.82, 2.24) is 24.3 Å². The number of aryl methyl sites for hydroxylation is 2. The normalized spacial score (nSPS) is 11.6. The third-order valence-corrected chi connectivity index (χ3v) is 6.00. The first kappa shape index (κ1) is 16.8. The van der Waals surface area contributed by atoms with Crippen molar-refractivity contribution in [3.05, 3.63) is 42.1 Å². The van der Waals surface area contributed by atoms with E-state index in [4.69, 9.17) is 11.6 Å². The van der Waals surface area contributed by atoms with Crippen molar-refractivity contribution in [3.8, 4) is 0 Å². The first-order chi connectivity index (χ1) is 11.4. The molecule has 0 aliphatic carbocycles. The van der Waals surface area contributed by atoms with Crippen molar-refractivity contribution in [2.45, 2.75) is 15.1 Å². The van der Waals surface area contributed by atoms with Gasteiger partial charge in [-0.05, 0) is 36.0 Å². The summed E-state index contributed by atoms with van der Waals surface area (Å²) in [6.45, 7) is 0. The Kier molecular flexibility index (Phi) is 4.52. The van der Waals surface area contributed by atoms with E-state index in [0.717, 1.165) is 10.1 Å². The number of nitrogens with one attached hydrogen (secondary N) is 1. The second-order valence-electron chi connectivity index (χ2n) is 4.91. The first-order valence-corrected chi connectivity index (χ1v) is 9.36. The van der Waals surface area contributed by atoms with E-state index in [1.807, 2.05) is 7.05 Å². The number of rotatable bonds is 5. The molecule has 2 aromatic heterocycles. The Morgan fingerprint density at radius 1 is 1.12 bits per heavy atom. The molecule has 0 fully saturated rings. The van der Waals surface area contributed by atoms with Gasteiger partial charge in [-0.25, -0.2) is 4.98 Å². The fourth-order valence-corrected chi connectivity index (χ4v) is 4.09. The highest BCUT2D eigenvalue weighted by molar-refractivity contribution is 7.99. The Hall–Kier alpha value is -2.04. The number of sulfonamides is 1. The number of aromatic nitrogens is 5. The van der Waals surface area contributed by atoms with E-state index >= 15 is 0 Å². The summed E-state index contributed by atoms with van der Waals surface area (Å²) < 4.78 is 30.3. The highest BCUT2D eigenvalue weighted by Gasteiger charge is 2.22. The van der Waals surface area contributed by atoms with Crippen LogP contribution in [0.1, 0.15) is 0 Å². The smallest absolute Gasteiger partial charge is 0.282 e. The molecular formula is C13H13ClN6O2S2.